The van der Waals surface area contributed by atoms with Crippen LogP contribution in [0.1, 0.15) is 6.92 Å². The highest BCUT2D eigenvalue weighted by Gasteiger charge is 2.09. The molecule has 0 aliphatic heterocycles. The molecule has 1 rings (SSSR count). The topological polar surface area (TPSA) is 63.2 Å². The van der Waals surface area contributed by atoms with E-state index in [-0.39, 0.29) is 11.0 Å². The summed E-state index contributed by atoms with van der Waals surface area (Å²) in [5.74, 6) is 0.560. The number of methoxy groups -OCH3 is 1. The Morgan fingerprint density at radius 1 is 1.45 bits per heavy atom. The second kappa shape index (κ2) is 10.7. The molecular weight excluding hydrogens is 366 g/mol. The van der Waals surface area contributed by atoms with Gasteiger partial charge in [-0.15, -0.1) is 13.2 Å². The quantitative estimate of drug-likeness (QED) is 0.360. The van der Waals surface area contributed by atoms with Crippen molar-refractivity contribution in [3.05, 3.63) is 54.1 Å². The van der Waals surface area contributed by atoms with Gasteiger partial charge in [0.25, 0.3) is 5.91 Å². The Bertz CT molecular complexity index is 588. The number of hydrogen-bond acceptors (Lipinski definition) is 4. The smallest absolute Gasteiger partial charge is 0.257 e. The fraction of sp³-hybridized carbons (Fsp3) is 0.133. The average Bonchev–Trinajstić information content (AvgIpc) is 2.52. The van der Waals surface area contributed by atoms with E-state index in [2.05, 4.69) is 51.3 Å². The molecule has 0 aromatic carbocycles. The minimum Gasteiger partial charge on any atom is -0.480 e. The highest BCUT2D eigenvalue weighted by atomic mass is 79.9. The molecule has 0 aliphatic carbocycles. The van der Waals surface area contributed by atoms with E-state index in [0.29, 0.717) is 17.3 Å². The van der Waals surface area contributed by atoms with Gasteiger partial charge in [0.15, 0.2) is 5.11 Å². The largest absolute Gasteiger partial charge is 0.480 e. The summed E-state index contributed by atoms with van der Waals surface area (Å²) in [6.45, 7) is 11.3. The van der Waals surface area contributed by atoms with Gasteiger partial charge in [0.05, 0.1) is 11.6 Å². The van der Waals surface area contributed by atoms with Gasteiger partial charge < -0.3 is 10.1 Å². The molecule has 0 radical (unpaired) electrons. The number of nitrogens with zero attached hydrogens (tertiary/aromatic N) is 1. The normalized spacial score (nSPS) is 9.86. The SMILES string of the molecule is C=C.C=C/C(=C\C)C(=O)NC(=S)Nc1ccc(Br)c(OC)n1. The molecule has 0 saturated carbocycles. The third kappa shape index (κ3) is 6.19. The number of nitrogens with one attached hydrogen (secondary N) is 2. The lowest BCUT2D eigenvalue weighted by atomic mass is 10.2. The number of pyridine rings is 1. The number of halogens is 1. The molecule has 5 nitrogen and oxygen atoms in total. The minimum atomic E-state index is -0.330. The van der Waals surface area contributed by atoms with Crippen LogP contribution in [-0.2, 0) is 4.79 Å². The maximum Gasteiger partial charge on any atom is 0.257 e. The highest BCUT2D eigenvalue weighted by Crippen LogP contribution is 2.23. The average molecular weight is 384 g/mol. The lowest BCUT2D eigenvalue weighted by molar-refractivity contribution is -0.115. The molecule has 22 heavy (non-hydrogen) atoms. The van der Waals surface area contributed by atoms with Gasteiger partial charge >= 0.3 is 0 Å². The van der Waals surface area contributed by atoms with Gasteiger partial charge in [-0.25, -0.2) is 0 Å². The second-order valence-corrected chi connectivity index (χ2v) is 4.81. The molecule has 1 amide bonds. The Balaban J connectivity index is 0.00000211. The van der Waals surface area contributed by atoms with Gasteiger partial charge in [0.1, 0.15) is 5.82 Å². The highest BCUT2D eigenvalue weighted by molar-refractivity contribution is 9.10. The second-order valence-electron chi connectivity index (χ2n) is 3.54. The van der Waals surface area contributed by atoms with Crippen LogP contribution in [0.15, 0.2) is 54.1 Å². The van der Waals surface area contributed by atoms with Crippen molar-refractivity contribution >= 4 is 45.0 Å². The number of amides is 1. The Morgan fingerprint density at radius 3 is 2.59 bits per heavy atom. The van der Waals surface area contributed by atoms with Crippen LogP contribution in [0.3, 0.4) is 0 Å². The molecule has 1 heterocycles. The summed E-state index contributed by atoms with van der Waals surface area (Å²) in [4.78, 5) is 15.9. The summed E-state index contributed by atoms with van der Waals surface area (Å²) in [6, 6.07) is 3.47. The van der Waals surface area contributed by atoms with E-state index < -0.39 is 0 Å². The van der Waals surface area contributed by atoms with E-state index in [0.717, 1.165) is 4.47 Å². The Hall–Kier alpha value is -1.99. The number of anilines is 1. The predicted molar refractivity (Wildman–Crippen MR) is 98.1 cm³/mol. The van der Waals surface area contributed by atoms with E-state index in [1.807, 2.05) is 0 Å². The number of hydrogen-bond donors (Lipinski definition) is 2. The van der Waals surface area contributed by atoms with E-state index in [1.54, 1.807) is 25.1 Å². The zero-order valence-electron chi connectivity index (χ0n) is 12.5. The first kappa shape index (κ1) is 20.0. The van der Waals surface area contributed by atoms with Crippen LogP contribution < -0.4 is 15.4 Å². The third-order valence-corrected chi connectivity index (χ3v) is 3.08. The molecule has 118 valence electrons. The fourth-order valence-corrected chi connectivity index (χ4v) is 1.88. The van der Waals surface area contributed by atoms with Crippen LogP contribution in [0.25, 0.3) is 0 Å². The predicted octanol–water partition coefficient (Wildman–Crippen LogP) is 3.60. The molecule has 0 atom stereocenters. The molecule has 1 aromatic rings. The van der Waals surface area contributed by atoms with Crippen molar-refractivity contribution in [2.75, 3.05) is 12.4 Å². The minimum absolute atomic E-state index is 0.146. The Morgan fingerprint density at radius 2 is 2.09 bits per heavy atom. The molecule has 7 heteroatoms. The Labute approximate surface area is 144 Å². The van der Waals surface area contributed by atoms with Crippen molar-refractivity contribution in [3.8, 4) is 5.88 Å². The zero-order chi connectivity index (χ0) is 17.1. The van der Waals surface area contributed by atoms with Crippen molar-refractivity contribution in [3.63, 3.8) is 0 Å². The molecule has 0 aliphatic rings. The fourth-order valence-electron chi connectivity index (χ4n) is 1.30. The van der Waals surface area contributed by atoms with Gasteiger partial charge in [-0.3, -0.25) is 10.1 Å². The molecule has 0 unspecified atom stereocenters. The maximum absolute atomic E-state index is 11.8. The molecule has 1 aromatic heterocycles. The number of carbonyl (C=O) groups is 1. The number of aromatic nitrogens is 1. The van der Waals surface area contributed by atoms with Crippen molar-refractivity contribution in [1.82, 2.24) is 10.3 Å². The summed E-state index contributed by atoms with van der Waals surface area (Å²) < 4.78 is 5.80. The number of ether oxygens (including phenoxy) is 1. The molecule has 0 spiro atoms. The summed E-state index contributed by atoms with van der Waals surface area (Å²) in [5, 5.41) is 5.48. The lowest BCUT2D eigenvalue weighted by Gasteiger charge is -2.10. The van der Waals surface area contributed by atoms with E-state index in [1.165, 1.54) is 13.2 Å². The lowest BCUT2D eigenvalue weighted by Crippen LogP contribution is -2.34. The first-order chi connectivity index (χ1) is 10.5. The van der Waals surface area contributed by atoms with Gasteiger partial charge in [-0.05, 0) is 47.2 Å². The van der Waals surface area contributed by atoms with E-state index in [9.17, 15) is 4.79 Å². The van der Waals surface area contributed by atoms with Gasteiger partial charge in [0, 0.05) is 5.57 Å². The van der Waals surface area contributed by atoms with Crippen LogP contribution in [0, 0.1) is 0 Å². The first-order valence-corrected chi connectivity index (χ1v) is 7.33. The Kier molecular flexibility index (Phi) is 9.73. The number of carbonyl (C=O) groups excluding carboxylic acids is 1. The van der Waals surface area contributed by atoms with E-state index >= 15 is 0 Å². The molecule has 2 N–H and O–H groups in total. The van der Waals surface area contributed by atoms with Crippen molar-refractivity contribution in [2.24, 2.45) is 0 Å². The maximum atomic E-state index is 11.8. The first-order valence-electron chi connectivity index (χ1n) is 6.13. The molecular formula is C15H18BrN3O2S. The monoisotopic (exact) mass is 383 g/mol. The van der Waals surface area contributed by atoms with Crippen LogP contribution in [-0.4, -0.2) is 23.1 Å². The van der Waals surface area contributed by atoms with Crippen molar-refractivity contribution in [2.45, 2.75) is 6.92 Å². The van der Waals surface area contributed by atoms with E-state index in [4.69, 9.17) is 17.0 Å². The van der Waals surface area contributed by atoms with Gasteiger partial charge in [-0.1, -0.05) is 18.7 Å². The molecule has 0 saturated heterocycles. The van der Waals surface area contributed by atoms with Crippen LogP contribution in [0.4, 0.5) is 5.82 Å². The van der Waals surface area contributed by atoms with Crippen molar-refractivity contribution < 1.29 is 9.53 Å². The summed E-state index contributed by atoms with van der Waals surface area (Å²) in [5.41, 5.74) is 0.440. The number of allylic oxidation sites excluding steroid dienone is 1. The molecule has 0 fully saturated rings. The third-order valence-electron chi connectivity index (χ3n) is 2.27. The van der Waals surface area contributed by atoms with Gasteiger partial charge in [-0.2, -0.15) is 4.98 Å². The zero-order valence-corrected chi connectivity index (χ0v) is 14.9. The molecule has 0 bridgehead atoms. The van der Waals surface area contributed by atoms with Crippen LogP contribution in [0.5, 0.6) is 5.88 Å². The summed E-state index contributed by atoms with van der Waals surface area (Å²) >= 11 is 8.34. The van der Waals surface area contributed by atoms with Crippen LogP contribution >= 0.6 is 28.1 Å². The van der Waals surface area contributed by atoms with Crippen LogP contribution in [0.2, 0.25) is 0 Å². The standard InChI is InChI=1S/C13H14BrN3O2S.C2H4/c1-4-8(5-2)11(18)17-13(20)16-10-7-6-9(14)12(15-10)19-3;1-2/h4-7H,1H2,2-3H3,(H2,15,16,17,18,20);1-2H2/b8-5+;. The van der Waals surface area contributed by atoms with Gasteiger partial charge in [0.2, 0.25) is 5.88 Å². The summed E-state index contributed by atoms with van der Waals surface area (Å²) in [7, 11) is 1.51. The number of thiocarbonyl (C=S) groups is 1. The van der Waals surface area contributed by atoms with Crippen molar-refractivity contribution in [1.29, 1.82) is 0 Å². The summed E-state index contributed by atoms with van der Waals surface area (Å²) in [6.07, 6.45) is 3.10. The number of rotatable bonds is 4.